The maximum atomic E-state index is 5.60. The van der Waals surface area contributed by atoms with Gasteiger partial charge in [-0.25, -0.2) is 0 Å². The van der Waals surface area contributed by atoms with E-state index in [9.17, 15) is 0 Å². The lowest BCUT2D eigenvalue weighted by atomic mass is 10.3. The summed E-state index contributed by atoms with van der Waals surface area (Å²) in [6.45, 7) is 0.206. The molecule has 0 saturated carbocycles. The summed E-state index contributed by atoms with van der Waals surface area (Å²) in [7, 11) is 0. The first kappa shape index (κ1) is 12.2. The second-order valence-corrected chi connectivity index (χ2v) is 4.11. The third-order valence-electron chi connectivity index (χ3n) is 2.63. The van der Waals surface area contributed by atoms with E-state index < -0.39 is 0 Å². The molecule has 0 atom stereocenters. The molecule has 3 rings (SSSR count). The second kappa shape index (κ2) is 5.40. The molecule has 0 aliphatic heterocycles. The summed E-state index contributed by atoms with van der Waals surface area (Å²) in [4.78, 5) is 8.25. The van der Waals surface area contributed by atoms with Crippen molar-refractivity contribution in [1.82, 2.24) is 15.1 Å². The van der Waals surface area contributed by atoms with Gasteiger partial charge in [0.05, 0.1) is 0 Å². The summed E-state index contributed by atoms with van der Waals surface area (Å²) in [6.07, 6.45) is 3.37. The van der Waals surface area contributed by atoms with Gasteiger partial charge in [0.1, 0.15) is 5.75 Å². The normalized spacial score (nSPS) is 10.4. The Balaban J connectivity index is 1.67. The fraction of sp³-hybridized carbons (Fsp3) is 0.0714. The maximum absolute atomic E-state index is 5.60. The van der Waals surface area contributed by atoms with E-state index in [2.05, 4.69) is 15.1 Å². The van der Waals surface area contributed by atoms with Crippen molar-refractivity contribution in [1.29, 1.82) is 0 Å². The van der Waals surface area contributed by atoms with Crippen molar-refractivity contribution in [3.05, 3.63) is 54.7 Å². The van der Waals surface area contributed by atoms with Crippen LogP contribution in [0.15, 0.2) is 53.3 Å². The summed E-state index contributed by atoms with van der Waals surface area (Å²) in [5.41, 5.74) is 7.09. The standard InChI is InChI=1S/C14H12N4O2/c15-11-3-5-12(6-4-11)19-9-13-17-14(18-20-13)10-2-1-7-16-8-10/h1-8H,9,15H2. The second-order valence-electron chi connectivity index (χ2n) is 4.11. The van der Waals surface area contributed by atoms with E-state index in [0.29, 0.717) is 23.2 Å². The minimum atomic E-state index is 0.206. The van der Waals surface area contributed by atoms with Gasteiger partial charge < -0.3 is 15.0 Å². The lowest BCUT2D eigenvalue weighted by Gasteiger charge is -2.02. The highest BCUT2D eigenvalue weighted by Gasteiger charge is 2.09. The van der Waals surface area contributed by atoms with Crippen molar-refractivity contribution in [3.8, 4) is 17.1 Å². The number of nitrogen functional groups attached to an aromatic ring is 1. The van der Waals surface area contributed by atoms with Crippen LogP contribution < -0.4 is 10.5 Å². The van der Waals surface area contributed by atoms with Crippen LogP contribution in [0.1, 0.15) is 5.89 Å². The SMILES string of the molecule is Nc1ccc(OCc2nc(-c3cccnc3)no2)cc1. The smallest absolute Gasteiger partial charge is 0.264 e. The number of benzene rings is 1. The molecule has 6 nitrogen and oxygen atoms in total. The molecule has 1 aromatic carbocycles. The Hall–Kier alpha value is -2.89. The Morgan fingerprint density at radius 2 is 2.00 bits per heavy atom. The molecule has 0 unspecified atom stereocenters. The first-order chi connectivity index (χ1) is 9.81. The van der Waals surface area contributed by atoms with Crippen LogP contribution in [-0.2, 0) is 6.61 Å². The highest BCUT2D eigenvalue weighted by molar-refractivity contribution is 5.51. The molecule has 0 radical (unpaired) electrons. The Morgan fingerprint density at radius 3 is 2.75 bits per heavy atom. The largest absolute Gasteiger partial charge is 0.484 e. The maximum Gasteiger partial charge on any atom is 0.264 e. The average Bonchev–Trinajstić information content (AvgIpc) is 2.97. The van der Waals surface area contributed by atoms with Crippen LogP contribution in [-0.4, -0.2) is 15.1 Å². The lowest BCUT2D eigenvalue weighted by molar-refractivity contribution is 0.243. The summed E-state index contributed by atoms with van der Waals surface area (Å²) in [6, 6.07) is 10.8. The van der Waals surface area contributed by atoms with Gasteiger partial charge in [0.25, 0.3) is 5.89 Å². The number of hydrogen-bond donors (Lipinski definition) is 1. The van der Waals surface area contributed by atoms with Crippen molar-refractivity contribution in [3.63, 3.8) is 0 Å². The Kier molecular flexibility index (Phi) is 3.28. The average molecular weight is 268 g/mol. The van der Waals surface area contributed by atoms with Crippen molar-refractivity contribution >= 4 is 5.69 Å². The van der Waals surface area contributed by atoms with Crippen LogP contribution in [0.2, 0.25) is 0 Å². The van der Waals surface area contributed by atoms with E-state index in [4.69, 9.17) is 15.0 Å². The fourth-order valence-corrected chi connectivity index (χ4v) is 1.63. The first-order valence-electron chi connectivity index (χ1n) is 6.02. The molecular weight excluding hydrogens is 256 g/mol. The van der Waals surface area contributed by atoms with E-state index in [1.54, 1.807) is 36.7 Å². The van der Waals surface area contributed by atoms with Crippen LogP contribution in [0, 0.1) is 0 Å². The van der Waals surface area contributed by atoms with Gasteiger partial charge in [-0.1, -0.05) is 5.16 Å². The minimum absolute atomic E-state index is 0.206. The molecule has 3 aromatic rings. The molecule has 0 aliphatic carbocycles. The number of rotatable bonds is 4. The molecule has 2 aromatic heterocycles. The molecule has 0 saturated heterocycles. The Labute approximate surface area is 115 Å². The summed E-state index contributed by atoms with van der Waals surface area (Å²) < 4.78 is 10.7. The number of nitrogens with zero attached hydrogens (tertiary/aromatic N) is 3. The van der Waals surface area contributed by atoms with Gasteiger partial charge in [-0.3, -0.25) is 4.98 Å². The van der Waals surface area contributed by atoms with Crippen molar-refractivity contribution in [2.75, 3.05) is 5.73 Å². The Bertz CT molecular complexity index is 680. The fourth-order valence-electron chi connectivity index (χ4n) is 1.63. The number of aromatic nitrogens is 3. The molecule has 0 fully saturated rings. The monoisotopic (exact) mass is 268 g/mol. The van der Waals surface area contributed by atoms with Crippen LogP contribution in [0.5, 0.6) is 5.75 Å². The van der Waals surface area contributed by atoms with Gasteiger partial charge in [0.2, 0.25) is 5.82 Å². The van der Waals surface area contributed by atoms with E-state index >= 15 is 0 Å². The van der Waals surface area contributed by atoms with Crippen LogP contribution in [0.4, 0.5) is 5.69 Å². The topological polar surface area (TPSA) is 87.1 Å². The zero-order chi connectivity index (χ0) is 13.8. The molecule has 6 heteroatoms. The third-order valence-corrected chi connectivity index (χ3v) is 2.63. The van der Waals surface area contributed by atoms with Gasteiger partial charge in [-0.15, -0.1) is 0 Å². The number of ether oxygens (including phenoxy) is 1. The quantitative estimate of drug-likeness (QED) is 0.730. The molecular formula is C14H12N4O2. The van der Waals surface area contributed by atoms with Gasteiger partial charge in [0, 0.05) is 23.6 Å². The number of anilines is 1. The summed E-state index contributed by atoms with van der Waals surface area (Å²) in [5, 5.41) is 3.89. The molecule has 2 N–H and O–H groups in total. The van der Waals surface area contributed by atoms with Crippen LogP contribution in [0.3, 0.4) is 0 Å². The van der Waals surface area contributed by atoms with E-state index in [1.807, 2.05) is 12.1 Å². The van der Waals surface area contributed by atoms with E-state index in [1.165, 1.54) is 0 Å². The summed E-state index contributed by atoms with van der Waals surface area (Å²) in [5.74, 6) is 1.59. The summed E-state index contributed by atoms with van der Waals surface area (Å²) >= 11 is 0. The van der Waals surface area contributed by atoms with Gasteiger partial charge in [0.15, 0.2) is 6.61 Å². The van der Waals surface area contributed by atoms with E-state index in [-0.39, 0.29) is 6.61 Å². The highest BCUT2D eigenvalue weighted by Crippen LogP contribution is 2.17. The van der Waals surface area contributed by atoms with Crippen molar-refractivity contribution < 1.29 is 9.26 Å². The van der Waals surface area contributed by atoms with Crippen LogP contribution >= 0.6 is 0 Å². The number of pyridine rings is 1. The lowest BCUT2D eigenvalue weighted by Crippen LogP contribution is -1.96. The Morgan fingerprint density at radius 1 is 1.15 bits per heavy atom. The third kappa shape index (κ3) is 2.74. The number of hydrogen-bond acceptors (Lipinski definition) is 6. The van der Waals surface area contributed by atoms with Gasteiger partial charge in [-0.05, 0) is 36.4 Å². The molecule has 0 amide bonds. The zero-order valence-corrected chi connectivity index (χ0v) is 10.6. The van der Waals surface area contributed by atoms with Crippen molar-refractivity contribution in [2.45, 2.75) is 6.61 Å². The molecule has 20 heavy (non-hydrogen) atoms. The molecule has 0 bridgehead atoms. The van der Waals surface area contributed by atoms with Gasteiger partial charge >= 0.3 is 0 Å². The number of nitrogens with two attached hydrogens (primary N) is 1. The molecule has 100 valence electrons. The zero-order valence-electron chi connectivity index (χ0n) is 10.6. The molecule has 0 aliphatic rings. The van der Waals surface area contributed by atoms with Crippen molar-refractivity contribution in [2.24, 2.45) is 0 Å². The predicted octanol–water partition coefficient (Wildman–Crippen LogP) is 2.29. The molecule has 0 spiro atoms. The van der Waals surface area contributed by atoms with E-state index in [0.717, 1.165) is 5.56 Å². The van der Waals surface area contributed by atoms with Gasteiger partial charge in [-0.2, -0.15) is 4.98 Å². The minimum Gasteiger partial charge on any atom is -0.484 e. The highest BCUT2D eigenvalue weighted by atomic mass is 16.5. The predicted molar refractivity (Wildman–Crippen MR) is 72.7 cm³/mol. The molecule has 2 heterocycles. The van der Waals surface area contributed by atoms with Crippen LogP contribution in [0.25, 0.3) is 11.4 Å². The first-order valence-corrected chi connectivity index (χ1v) is 6.02.